The third-order valence-corrected chi connectivity index (χ3v) is 3.53. The summed E-state index contributed by atoms with van der Waals surface area (Å²) in [7, 11) is 1.35. The van der Waals surface area contributed by atoms with E-state index in [1.165, 1.54) is 7.11 Å². The van der Waals surface area contributed by atoms with Gasteiger partial charge < -0.3 is 14.4 Å². The number of ether oxygens (including phenoxy) is 2. The zero-order valence-electron chi connectivity index (χ0n) is 15.3. The SMILES string of the molecule is C=C/C=C(\C)N(Cc1cccc(OC(C)(C)C(=O)OC)c1)C(=C)C. The summed E-state index contributed by atoms with van der Waals surface area (Å²) in [4.78, 5) is 13.9. The van der Waals surface area contributed by atoms with Crippen LogP contribution in [0.3, 0.4) is 0 Å². The summed E-state index contributed by atoms with van der Waals surface area (Å²) in [5, 5.41) is 0. The molecule has 0 amide bonds. The molecule has 0 spiro atoms. The van der Waals surface area contributed by atoms with E-state index < -0.39 is 11.6 Å². The van der Waals surface area contributed by atoms with E-state index in [1.54, 1.807) is 19.9 Å². The molecule has 1 aromatic rings. The quantitative estimate of drug-likeness (QED) is 0.522. The van der Waals surface area contributed by atoms with E-state index in [-0.39, 0.29) is 0 Å². The smallest absolute Gasteiger partial charge is 0.349 e. The van der Waals surface area contributed by atoms with Gasteiger partial charge in [0.15, 0.2) is 5.60 Å². The van der Waals surface area contributed by atoms with Crippen LogP contribution in [0.25, 0.3) is 0 Å². The second-order valence-corrected chi connectivity index (χ2v) is 6.12. The van der Waals surface area contributed by atoms with Gasteiger partial charge in [-0.1, -0.05) is 31.4 Å². The molecule has 0 aromatic heterocycles. The first-order valence-corrected chi connectivity index (χ1v) is 7.80. The summed E-state index contributed by atoms with van der Waals surface area (Å²) >= 11 is 0. The van der Waals surface area contributed by atoms with E-state index in [0.29, 0.717) is 12.3 Å². The molecule has 130 valence electrons. The van der Waals surface area contributed by atoms with Gasteiger partial charge in [-0.25, -0.2) is 4.79 Å². The molecule has 0 atom stereocenters. The molecule has 0 N–H and O–H groups in total. The monoisotopic (exact) mass is 329 g/mol. The van der Waals surface area contributed by atoms with Gasteiger partial charge in [-0.05, 0) is 51.5 Å². The topological polar surface area (TPSA) is 38.8 Å². The number of esters is 1. The fraction of sp³-hybridized carbons (Fsp3) is 0.350. The Bertz CT molecular complexity index is 644. The van der Waals surface area contributed by atoms with Gasteiger partial charge >= 0.3 is 5.97 Å². The highest BCUT2D eigenvalue weighted by molar-refractivity contribution is 5.78. The average Bonchev–Trinajstić information content (AvgIpc) is 2.51. The zero-order valence-corrected chi connectivity index (χ0v) is 15.3. The molecule has 24 heavy (non-hydrogen) atoms. The van der Waals surface area contributed by atoms with Crippen molar-refractivity contribution in [3.05, 3.63) is 66.5 Å². The Balaban J connectivity index is 2.99. The fourth-order valence-corrected chi connectivity index (χ4v) is 2.29. The summed E-state index contributed by atoms with van der Waals surface area (Å²) in [6, 6.07) is 7.66. The van der Waals surface area contributed by atoms with E-state index in [9.17, 15) is 4.79 Å². The van der Waals surface area contributed by atoms with Gasteiger partial charge in [0.2, 0.25) is 0 Å². The molecule has 0 radical (unpaired) electrons. The summed E-state index contributed by atoms with van der Waals surface area (Å²) in [5.41, 5.74) is 2.00. The van der Waals surface area contributed by atoms with Gasteiger partial charge in [0, 0.05) is 17.9 Å². The Morgan fingerprint density at radius 2 is 2.00 bits per heavy atom. The maximum Gasteiger partial charge on any atom is 0.349 e. The molecular formula is C20H27NO3. The van der Waals surface area contributed by atoms with Crippen LogP contribution in [0.15, 0.2) is 61.0 Å². The van der Waals surface area contributed by atoms with E-state index in [4.69, 9.17) is 9.47 Å². The molecule has 0 saturated carbocycles. The number of benzene rings is 1. The van der Waals surface area contributed by atoms with Crippen molar-refractivity contribution in [2.24, 2.45) is 0 Å². The van der Waals surface area contributed by atoms with Crippen molar-refractivity contribution in [1.82, 2.24) is 4.90 Å². The van der Waals surface area contributed by atoms with Gasteiger partial charge in [0.1, 0.15) is 5.75 Å². The number of carbonyl (C=O) groups is 1. The van der Waals surface area contributed by atoms with E-state index in [2.05, 4.69) is 18.1 Å². The molecule has 4 heteroatoms. The molecule has 0 unspecified atom stereocenters. The summed E-state index contributed by atoms with van der Waals surface area (Å²) < 4.78 is 10.6. The molecule has 0 fully saturated rings. The van der Waals surface area contributed by atoms with Crippen molar-refractivity contribution in [2.75, 3.05) is 7.11 Å². The fourth-order valence-electron chi connectivity index (χ4n) is 2.29. The minimum atomic E-state index is -1.04. The molecule has 0 heterocycles. The van der Waals surface area contributed by atoms with Crippen LogP contribution in [0, 0.1) is 0 Å². The number of hydrogen-bond donors (Lipinski definition) is 0. The number of methoxy groups -OCH3 is 1. The molecule has 1 aromatic carbocycles. The minimum Gasteiger partial charge on any atom is -0.476 e. The van der Waals surface area contributed by atoms with E-state index >= 15 is 0 Å². The molecule has 0 aliphatic carbocycles. The molecule has 0 bridgehead atoms. The van der Waals surface area contributed by atoms with Crippen molar-refractivity contribution < 1.29 is 14.3 Å². The molecule has 4 nitrogen and oxygen atoms in total. The van der Waals surface area contributed by atoms with Crippen molar-refractivity contribution in [3.63, 3.8) is 0 Å². The maximum atomic E-state index is 11.8. The highest BCUT2D eigenvalue weighted by Gasteiger charge is 2.31. The molecule has 0 saturated heterocycles. The van der Waals surface area contributed by atoms with Crippen LogP contribution in [-0.2, 0) is 16.1 Å². The highest BCUT2D eigenvalue weighted by Crippen LogP contribution is 2.23. The van der Waals surface area contributed by atoms with Crippen LogP contribution in [0.5, 0.6) is 5.75 Å². The lowest BCUT2D eigenvalue weighted by molar-refractivity contribution is -0.156. The largest absolute Gasteiger partial charge is 0.476 e. The minimum absolute atomic E-state index is 0.416. The Labute approximate surface area is 145 Å². The normalized spacial score (nSPS) is 11.6. The first-order chi connectivity index (χ1) is 11.2. The third kappa shape index (κ3) is 5.30. The maximum absolute atomic E-state index is 11.8. The van der Waals surface area contributed by atoms with Crippen LogP contribution in [0.1, 0.15) is 33.3 Å². The number of hydrogen-bond acceptors (Lipinski definition) is 4. The van der Waals surface area contributed by atoms with E-state index in [0.717, 1.165) is 17.0 Å². The average molecular weight is 329 g/mol. The number of allylic oxidation sites excluding steroid dienone is 4. The lowest BCUT2D eigenvalue weighted by Gasteiger charge is -2.27. The first-order valence-electron chi connectivity index (χ1n) is 7.80. The Hall–Kier alpha value is -2.49. The second kappa shape index (κ2) is 8.39. The predicted octanol–water partition coefficient (Wildman–Crippen LogP) is 4.44. The standard InChI is InChI=1S/C20H27NO3/c1-8-10-16(4)21(15(2)3)14-17-11-9-12-18(13-17)24-20(5,6)19(22)23-7/h8-13H,1-2,14H2,3-7H3/b16-10+. The third-order valence-electron chi connectivity index (χ3n) is 3.53. The highest BCUT2D eigenvalue weighted by atomic mass is 16.6. The summed E-state index contributed by atoms with van der Waals surface area (Å²) in [6.45, 7) is 15.8. The zero-order chi connectivity index (χ0) is 18.3. The molecular weight excluding hydrogens is 302 g/mol. The Kier molecular flexibility index (Phi) is 6.83. The van der Waals surface area contributed by atoms with Gasteiger partial charge in [0.05, 0.1) is 7.11 Å². The lowest BCUT2D eigenvalue weighted by Crippen LogP contribution is -2.39. The van der Waals surface area contributed by atoms with Crippen LogP contribution in [-0.4, -0.2) is 23.6 Å². The Morgan fingerprint density at radius 3 is 2.54 bits per heavy atom. The van der Waals surface area contributed by atoms with Gasteiger partial charge in [-0.2, -0.15) is 0 Å². The van der Waals surface area contributed by atoms with Crippen LogP contribution in [0.4, 0.5) is 0 Å². The van der Waals surface area contributed by atoms with Gasteiger partial charge in [-0.3, -0.25) is 0 Å². The molecule has 0 aliphatic rings. The first kappa shape index (κ1) is 19.6. The number of carbonyl (C=O) groups excluding carboxylic acids is 1. The predicted molar refractivity (Wildman–Crippen MR) is 97.5 cm³/mol. The number of nitrogens with zero attached hydrogens (tertiary/aromatic N) is 1. The van der Waals surface area contributed by atoms with Gasteiger partial charge in [-0.15, -0.1) is 0 Å². The van der Waals surface area contributed by atoms with Crippen LogP contribution < -0.4 is 4.74 Å². The lowest BCUT2D eigenvalue weighted by atomic mass is 10.1. The van der Waals surface area contributed by atoms with Crippen molar-refractivity contribution in [1.29, 1.82) is 0 Å². The van der Waals surface area contributed by atoms with Crippen LogP contribution >= 0.6 is 0 Å². The summed E-state index contributed by atoms with van der Waals surface area (Å²) in [6.07, 6.45) is 3.69. The van der Waals surface area contributed by atoms with Crippen LogP contribution in [0.2, 0.25) is 0 Å². The second-order valence-electron chi connectivity index (χ2n) is 6.12. The number of rotatable bonds is 8. The molecule has 0 aliphatic heterocycles. The van der Waals surface area contributed by atoms with E-state index in [1.807, 2.05) is 44.2 Å². The summed E-state index contributed by atoms with van der Waals surface area (Å²) in [5.74, 6) is 0.205. The van der Waals surface area contributed by atoms with Gasteiger partial charge in [0.25, 0.3) is 0 Å². The van der Waals surface area contributed by atoms with Crippen molar-refractivity contribution >= 4 is 5.97 Å². The van der Waals surface area contributed by atoms with Crippen molar-refractivity contribution in [3.8, 4) is 5.75 Å². The Morgan fingerprint density at radius 1 is 1.33 bits per heavy atom. The molecule has 1 rings (SSSR count). The van der Waals surface area contributed by atoms with Crippen molar-refractivity contribution in [2.45, 2.75) is 39.8 Å².